The summed E-state index contributed by atoms with van der Waals surface area (Å²) in [6.45, 7) is 0.604. The quantitative estimate of drug-likeness (QED) is 0.466. The van der Waals surface area contributed by atoms with E-state index in [0.29, 0.717) is 6.54 Å². The normalized spacial score (nSPS) is 12.5. The Morgan fingerprint density at radius 2 is 1.71 bits per heavy atom. The maximum atomic E-state index is 12.3. The first kappa shape index (κ1) is 19.4. The minimum Gasteiger partial charge on any atom is -0.477 e. The third kappa shape index (κ3) is 3.37. The molecule has 0 saturated carbocycles. The summed E-state index contributed by atoms with van der Waals surface area (Å²) < 4.78 is 8.09. The van der Waals surface area contributed by atoms with Crippen molar-refractivity contribution >= 4 is 33.6 Å². The molecule has 7 heteroatoms. The van der Waals surface area contributed by atoms with Gasteiger partial charge in [0, 0.05) is 17.8 Å². The number of ether oxygens (including phenoxy) is 1. The van der Waals surface area contributed by atoms with Crippen LogP contribution in [0, 0.1) is 0 Å². The summed E-state index contributed by atoms with van der Waals surface area (Å²) in [7, 11) is 1.72. The molecule has 0 aliphatic heterocycles. The molecule has 4 aromatic rings. The predicted molar refractivity (Wildman–Crippen MR) is 120 cm³/mol. The topological polar surface area (TPSA) is 80.6 Å². The third-order valence-electron chi connectivity index (χ3n) is 5.75. The van der Waals surface area contributed by atoms with Crippen molar-refractivity contribution in [3.05, 3.63) is 82.4 Å². The second kappa shape index (κ2) is 7.59. The standard InChI is InChI=1S/C24H20N2O4S/c1-26-20-10-14(31-22(20)11-21(26)23(27)28)12-25-24(29)30-13-19-17-8-4-2-6-15(17)16-7-3-5-9-18(16)19/h2-11,19H,12-13H2,1H3,(H,25,29)(H,27,28). The number of nitrogens with zero attached hydrogens (tertiary/aromatic N) is 1. The van der Waals surface area contributed by atoms with E-state index >= 15 is 0 Å². The molecular formula is C24H20N2O4S. The van der Waals surface area contributed by atoms with Crippen LogP contribution in [0.3, 0.4) is 0 Å². The Kier molecular flexibility index (Phi) is 4.75. The largest absolute Gasteiger partial charge is 0.477 e. The van der Waals surface area contributed by atoms with Crippen LogP contribution >= 0.6 is 11.3 Å². The molecule has 0 fully saturated rings. The van der Waals surface area contributed by atoms with Gasteiger partial charge in [-0.15, -0.1) is 11.3 Å². The first-order valence-electron chi connectivity index (χ1n) is 9.93. The minimum absolute atomic E-state index is 0.0249. The zero-order valence-electron chi connectivity index (χ0n) is 16.8. The molecule has 6 nitrogen and oxygen atoms in total. The number of aryl methyl sites for hydroxylation is 1. The van der Waals surface area contributed by atoms with Crippen LogP contribution < -0.4 is 5.32 Å². The van der Waals surface area contributed by atoms with Crippen molar-refractivity contribution in [1.29, 1.82) is 0 Å². The molecule has 0 saturated heterocycles. The summed E-state index contributed by atoms with van der Waals surface area (Å²) in [6.07, 6.45) is -0.467. The first-order chi connectivity index (χ1) is 15.0. The number of fused-ring (bicyclic) bond motifs is 4. The van der Waals surface area contributed by atoms with Gasteiger partial charge in [-0.2, -0.15) is 0 Å². The zero-order chi connectivity index (χ0) is 21.5. The average molecular weight is 433 g/mol. The molecule has 2 aromatic carbocycles. The summed E-state index contributed by atoms with van der Waals surface area (Å²) in [5.74, 6) is -0.930. The molecule has 2 N–H and O–H groups in total. The van der Waals surface area contributed by atoms with Gasteiger partial charge < -0.3 is 19.7 Å². The van der Waals surface area contributed by atoms with Crippen molar-refractivity contribution in [1.82, 2.24) is 9.88 Å². The number of aromatic nitrogens is 1. The first-order valence-corrected chi connectivity index (χ1v) is 10.7. The SMILES string of the molecule is Cn1c(C(=O)O)cc2sc(CNC(=O)OCC3c4ccccc4-c4ccccc43)cc21. The molecule has 156 valence electrons. The van der Waals surface area contributed by atoms with Crippen LogP contribution in [0.2, 0.25) is 0 Å². The third-order valence-corrected chi connectivity index (χ3v) is 6.82. The van der Waals surface area contributed by atoms with Crippen LogP contribution in [0.4, 0.5) is 4.79 Å². The van der Waals surface area contributed by atoms with Gasteiger partial charge in [-0.3, -0.25) is 0 Å². The average Bonchev–Trinajstić information content (AvgIpc) is 3.41. The fraction of sp³-hybridized carbons (Fsp3) is 0.167. The highest BCUT2D eigenvalue weighted by Crippen LogP contribution is 2.44. The highest BCUT2D eigenvalue weighted by Gasteiger charge is 2.29. The smallest absolute Gasteiger partial charge is 0.407 e. The van der Waals surface area contributed by atoms with E-state index < -0.39 is 12.1 Å². The Labute approximate surface area is 182 Å². The molecular weight excluding hydrogens is 412 g/mol. The van der Waals surface area contributed by atoms with Gasteiger partial charge in [-0.25, -0.2) is 9.59 Å². The lowest BCUT2D eigenvalue weighted by molar-refractivity contribution is 0.0687. The van der Waals surface area contributed by atoms with E-state index in [-0.39, 0.29) is 18.2 Å². The summed E-state index contributed by atoms with van der Waals surface area (Å²) in [6, 6.07) is 20.0. The van der Waals surface area contributed by atoms with Gasteiger partial charge in [0.1, 0.15) is 12.3 Å². The van der Waals surface area contributed by atoms with Crippen LogP contribution in [-0.2, 0) is 18.3 Å². The highest BCUT2D eigenvalue weighted by molar-refractivity contribution is 7.19. The lowest BCUT2D eigenvalue weighted by atomic mass is 9.98. The van der Waals surface area contributed by atoms with Crippen molar-refractivity contribution in [2.75, 3.05) is 6.61 Å². The van der Waals surface area contributed by atoms with E-state index in [1.165, 1.54) is 33.6 Å². The number of benzene rings is 2. The molecule has 1 aliphatic carbocycles. The number of amides is 1. The molecule has 2 aromatic heterocycles. The van der Waals surface area contributed by atoms with Gasteiger partial charge >= 0.3 is 12.1 Å². The summed E-state index contributed by atoms with van der Waals surface area (Å²) in [5.41, 5.74) is 5.82. The number of carbonyl (C=O) groups is 2. The molecule has 0 unspecified atom stereocenters. The van der Waals surface area contributed by atoms with E-state index in [4.69, 9.17) is 4.74 Å². The number of hydrogen-bond donors (Lipinski definition) is 2. The number of carboxylic acids is 1. The highest BCUT2D eigenvalue weighted by atomic mass is 32.1. The fourth-order valence-corrected chi connectivity index (χ4v) is 5.33. The molecule has 2 heterocycles. The number of aromatic carboxylic acids is 1. The van der Waals surface area contributed by atoms with E-state index in [0.717, 1.165) is 15.1 Å². The fourth-order valence-electron chi connectivity index (χ4n) is 4.26. The molecule has 0 atom stereocenters. The number of hydrogen-bond acceptors (Lipinski definition) is 4. The molecule has 0 radical (unpaired) electrons. The summed E-state index contributed by atoms with van der Waals surface area (Å²) in [5, 5.41) is 12.0. The van der Waals surface area contributed by atoms with Crippen LogP contribution in [0.25, 0.3) is 21.3 Å². The van der Waals surface area contributed by atoms with Crippen molar-refractivity contribution < 1.29 is 19.4 Å². The molecule has 31 heavy (non-hydrogen) atoms. The minimum atomic E-state index is -0.954. The second-order valence-electron chi connectivity index (χ2n) is 7.54. The van der Waals surface area contributed by atoms with E-state index in [9.17, 15) is 14.7 Å². The van der Waals surface area contributed by atoms with E-state index in [2.05, 4.69) is 29.6 Å². The molecule has 0 spiro atoms. The van der Waals surface area contributed by atoms with Gasteiger partial charge in [0.15, 0.2) is 0 Å². The van der Waals surface area contributed by atoms with Gasteiger partial charge in [0.2, 0.25) is 0 Å². The van der Waals surface area contributed by atoms with Crippen LogP contribution in [0.15, 0.2) is 60.7 Å². The van der Waals surface area contributed by atoms with E-state index in [1.54, 1.807) is 17.7 Å². The number of carboxylic acid groups (broad SMARTS) is 1. The van der Waals surface area contributed by atoms with Gasteiger partial charge in [0.25, 0.3) is 0 Å². The Bertz CT molecular complexity index is 1270. The van der Waals surface area contributed by atoms with Crippen LogP contribution in [0.1, 0.15) is 32.4 Å². The van der Waals surface area contributed by atoms with Gasteiger partial charge in [0.05, 0.1) is 16.8 Å². The lowest BCUT2D eigenvalue weighted by Gasteiger charge is -2.14. The number of alkyl carbamates (subject to hydrolysis) is 1. The number of carbonyl (C=O) groups excluding carboxylic acids is 1. The number of nitrogens with one attached hydrogen (secondary N) is 1. The Balaban J connectivity index is 1.24. The Morgan fingerprint density at radius 3 is 2.32 bits per heavy atom. The van der Waals surface area contributed by atoms with Gasteiger partial charge in [-0.05, 0) is 34.4 Å². The zero-order valence-corrected chi connectivity index (χ0v) is 17.6. The molecule has 1 amide bonds. The van der Waals surface area contributed by atoms with Crippen molar-refractivity contribution in [3.63, 3.8) is 0 Å². The Hall–Kier alpha value is -3.58. The molecule has 0 bridgehead atoms. The summed E-state index contributed by atoms with van der Waals surface area (Å²) >= 11 is 1.46. The molecule has 5 rings (SSSR count). The Morgan fingerprint density at radius 1 is 1.06 bits per heavy atom. The number of thiophene rings is 1. The summed E-state index contributed by atoms with van der Waals surface area (Å²) in [4.78, 5) is 24.5. The van der Waals surface area contributed by atoms with Crippen LogP contribution in [0.5, 0.6) is 0 Å². The van der Waals surface area contributed by atoms with Gasteiger partial charge in [-0.1, -0.05) is 48.5 Å². The maximum absolute atomic E-state index is 12.3. The van der Waals surface area contributed by atoms with Crippen molar-refractivity contribution in [2.24, 2.45) is 7.05 Å². The van der Waals surface area contributed by atoms with E-state index in [1.807, 2.05) is 30.3 Å². The van der Waals surface area contributed by atoms with Crippen molar-refractivity contribution in [2.45, 2.75) is 12.5 Å². The lowest BCUT2D eigenvalue weighted by Crippen LogP contribution is -2.25. The predicted octanol–water partition coefficient (Wildman–Crippen LogP) is 4.98. The number of rotatable bonds is 5. The molecule has 1 aliphatic rings. The van der Waals surface area contributed by atoms with Crippen molar-refractivity contribution in [3.8, 4) is 11.1 Å². The second-order valence-corrected chi connectivity index (χ2v) is 8.70. The monoisotopic (exact) mass is 432 g/mol. The maximum Gasteiger partial charge on any atom is 0.407 e. The van der Waals surface area contributed by atoms with Crippen LogP contribution in [-0.4, -0.2) is 28.3 Å².